The summed E-state index contributed by atoms with van der Waals surface area (Å²) in [6.07, 6.45) is 5.03. The third kappa shape index (κ3) is 4.67. The molecule has 1 heterocycles. The lowest BCUT2D eigenvalue weighted by molar-refractivity contribution is 0.410. The van der Waals surface area contributed by atoms with Crippen LogP contribution in [0, 0.1) is 0 Å². The van der Waals surface area contributed by atoms with E-state index in [0.29, 0.717) is 6.04 Å². The van der Waals surface area contributed by atoms with Gasteiger partial charge < -0.3 is 10.1 Å². The molecule has 0 spiro atoms. The highest BCUT2D eigenvalue weighted by Gasteiger charge is 2.15. The highest BCUT2D eigenvalue weighted by Crippen LogP contribution is 2.28. The van der Waals surface area contributed by atoms with Gasteiger partial charge in [0, 0.05) is 11.6 Å². The third-order valence-electron chi connectivity index (χ3n) is 3.09. The first kappa shape index (κ1) is 16.8. The molecule has 0 aliphatic heterocycles. The van der Waals surface area contributed by atoms with Crippen LogP contribution in [-0.2, 0) is 0 Å². The normalized spacial score (nSPS) is 13.1. The molecule has 0 bridgehead atoms. The van der Waals surface area contributed by atoms with E-state index >= 15 is 0 Å². The fourth-order valence-corrected chi connectivity index (χ4v) is 2.09. The van der Waals surface area contributed by atoms with Crippen LogP contribution in [0.3, 0.4) is 0 Å². The van der Waals surface area contributed by atoms with E-state index in [1.165, 1.54) is 5.57 Å². The van der Waals surface area contributed by atoms with Gasteiger partial charge in [-0.15, -0.1) is 0 Å². The molecule has 0 fully saturated rings. The Labute approximate surface area is 123 Å². The third-order valence-corrected chi connectivity index (χ3v) is 3.09. The molecule has 4 heteroatoms. The second kappa shape index (κ2) is 6.93. The SMILES string of the molecule is COc1cnn(C(C)C)c1C(C)=CCCNC(C)(C)C. The van der Waals surface area contributed by atoms with Crippen LogP contribution in [0.2, 0.25) is 0 Å². The minimum absolute atomic E-state index is 0.166. The van der Waals surface area contributed by atoms with Gasteiger partial charge in [-0.1, -0.05) is 6.08 Å². The summed E-state index contributed by atoms with van der Waals surface area (Å²) in [4.78, 5) is 0. The van der Waals surface area contributed by atoms with E-state index in [2.05, 4.69) is 58.0 Å². The minimum Gasteiger partial charge on any atom is -0.493 e. The minimum atomic E-state index is 0.166. The number of allylic oxidation sites excluding steroid dienone is 1. The lowest BCUT2D eigenvalue weighted by atomic mass is 10.1. The maximum Gasteiger partial charge on any atom is 0.164 e. The van der Waals surface area contributed by atoms with Crippen molar-refractivity contribution in [2.45, 2.75) is 59.5 Å². The maximum absolute atomic E-state index is 5.42. The number of hydrogen-bond acceptors (Lipinski definition) is 3. The Morgan fingerprint density at radius 3 is 2.60 bits per heavy atom. The summed E-state index contributed by atoms with van der Waals surface area (Å²) < 4.78 is 7.43. The maximum atomic E-state index is 5.42. The van der Waals surface area contributed by atoms with Crippen molar-refractivity contribution in [1.82, 2.24) is 15.1 Å². The Hall–Kier alpha value is -1.29. The van der Waals surface area contributed by atoms with E-state index in [1.807, 2.05) is 4.68 Å². The van der Waals surface area contributed by atoms with E-state index in [1.54, 1.807) is 13.3 Å². The second-order valence-electron chi connectivity index (χ2n) is 6.45. The van der Waals surface area contributed by atoms with Crippen molar-refractivity contribution in [2.75, 3.05) is 13.7 Å². The fraction of sp³-hybridized carbons (Fsp3) is 0.688. The van der Waals surface area contributed by atoms with Gasteiger partial charge in [0.05, 0.1) is 13.3 Å². The van der Waals surface area contributed by atoms with Gasteiger partial charge in [0.1, 0.15) is 5.69 Å². The van der Waals surface area contributed by atoms with Gasteiger partial charge in [0.25, 0.3) is 0 Å². The van der Waals surface area contributed by atoms with Gasteiger partial charge in [0.2, 0.25) is 0 Å². The molecule has 0 saturated heterocycles. The monoisotopic (exact) mass is 279 g/mol. The molecule has 0 unspecified atom stereocenters. The van der Waals surface area contributed by atoms with Gasteiger partial charge in [-0.2, -0.15) is 5.10 Å². The topological polar surface area (TPSA) is 39.1 Å². The molecule has 114 valence electrons. The van der Waals surface area contributed by atoms with Crippen LogP contribution in [0.15, 0.2) is 12.3 Å². The molecular weight excluding hydrogens is 250 g/mol. The summed E-state index contributed by atoms with van der Waals surface area (Å²) in [5, 5.41) is 7.90. The fourth-order valence-electron chi connectivity index (χ4n) is 2.09. The van der Waals surface area contributed by atoms with Crippen LogP contribution in [0.5, 0.6) is 5.75 Å². The highest BCUT2D eigenvalue weighted by molar-refractivity contribution is 5.66. The van der Waals surface area contributed by atoms with Gasteiger partial charge in [-0.3, -0.25) is 4.68 Å². The van der Waals surface area contributed by atoms with Crippen LogP contribution in [-0.4, -0.2) is 29.0 Å². The van der Waals surface area contributed by atoms with Crippen molar-refractivity contribution in [3.63, 3.8) is 0 Å². The summed E-state index contributed by atoms with van der Waals surface area (Å²) in [7, 11) is 1.69. The molecule has 0 aliphatic carbocycles. The molecule has 0 radical (unpaired) electrons. The lowest BCUT2D eigenvalue weighted by Crippen LogP contribution is -2.36. The summed E-state index contributed by atoms with van der Waals surface area (Å²) in [5.41, 5.74) is 2.46. The second-order valence-corrected chi connectivity index (χ2v) is 6.45. The molecule has 1 N–H and O–H groups in total. The van der Waals surface area contributed by atoms with Crippen molar-refractivity contribution in [3.8, 4) is 5.75 Å². The summed E-state index contributed by atoms with van der Waals surface area (Å²) in [6, 6.07) is 0.324. The van der Waals surface area contributed by atoms with E-state index in [-0.39, 0.29) is 5.54 Å². The van der Waals surface area contributed by atoms with Crippen LogP contribution in [0.25, 0.3) is 5.57 Å². The Bertz CT molecular complexity index is 453. The average molecular weight is 279 g/mol. The molecular formula is C16H29N3O. The Morgan fingerprint density at radius 1 is 1.45 bits per heavy atom. The van der Waals surface area contributed by atoms with E-state index in [4.69, 9.17) is 4.74 Å². The highest BCUT2D eigenvalue weighted by atomic mass is 16.5. The molecule has 20 heavy (non-hydrogen) atoms. The largest absolute Gasteiger partial charge is 0.493 e. The number of methoxy groups -OCH3 is 1. The first-order valence-electron chi connectivity index (χ1n) is 7.30. The van der Waals surface area contributed by atoms with Crippen LogP contribution in [0.1, 0.15) is 59.7 Å². The number of rotatable bonds is 6. The first-order valence-corrected chi connectivity index (χ1v) is 7.30. The Morgan fingerprint density at radius 2 is 2.10 bits per heavy atom. The predicted molar refractivity (Wildman–Crippen MR) is 85.2 cm³/mol. The summed E-state index contributed by atoms with van der Waals surface area (Å²) in [6.45, 7) is 13.9. The predicted octanol–water partition coefficient (Wildman–Crippen LogP) is 3.65. The first-order chi connectivity index (χ1) is 9.26. The molecule has 0 atom stereocenters. The van der Waals surface area contributed by atoms with Gasteiger partial charge in [0.15, 0.2) is 5.75 Å². The molecule has 0 amide bonds. The molecule has 0 aromatic carbocycles. The van der Waals surface area contributed by atoms with Gasteiger partial charge in [-0.05, 0) is 60.1 Å². The molecule has 0 aliphatic rings. The summed E-state index contributed by atoms with van der Waals surface area (Å²) in [5.74, 6) is 0.844. The number of hydrogen-bond donors (Lipinski definition) is 1. The number of aromatic nitrogens is 2. The Balaban J connectivity index is 2.80. The molecule has 1 rings (SSSR count). The lowest BCUT2D eigenvalue weighted by Gasteiger charge is -2.20. The van der Waals surface area contributed by atoms with Crippen molar-refractivity contribution in [2.24, 2.45) is 0 Å². The van der Waals surface area contributed by atoms with Crippen molar-refractivity contribution in [3.05, 3.63) is 18.0 Å². The van der Waals surface area contributed by atoms with Crippen molar-refractivity contribution >= 4 is 5.57 Å². The van der Waals surface area contributed by atoms with Crippen molar-refractivity contribution < 1.29 is 4.74 Å². The quantitative estimate of drug-likeness (QED) is 0.808. The number of nitrogens with zero attached hydrogens (tertiary/aromatic N) is 2. The van der Waals surface area contributed by atoms with Crippen molar-refractivity contribution in [1.29, 1.82) is 0 Å². The standard InChI is InChI=1S/C16H29N3O/c1-12(2)19-15(14(20-7)11-18-19)13(3)9-8-10-17-16(4,5)6/h9,11-12,17H,8,10H2,1-7H3. The van der Waals surface area contributed by atoms with E-state index < -0.39 is 0 Å². The zero-order valence-corrected chi connectivity index (χ0v) is 13.9. The van der Waals surface area contributed by atoms with Crippen LogP contribution in [0.4, 0.5) is 0 Å². The van der Waals surface area contributed by atoms with Crippen LogP contribution < -0.4 is 10.1 Å². The molecule has 1 aromatic heterocycles. The zero-order chi connectivity index (χ0) is 15.3. The van der Waals surface area contributed by atoms with Crippen LogP contribution >= 0.6 is 0 Å². The van der Waals surface area contributed by atoms with Gasteiger partial charge in [-0.25, -0.2) is 0 Å². The Kier molecular flexibility index (Phi) is 5.81. The number of nitrogens with one attached hydrogen (secondary N) is 1. The van der Waals surface area contributed by atoms with E-state index in [9.17, 15) is 0 Å². The number of ether oxygens (including phenoxy) is 1. The molecule has 4 nitrogen and oxygen atoms in total. The molecule has 1 aromatic rings. The smallest absolute Gasteiger partial charge is 0.164 e. The average Bonchev–Trinajstić information content (AvgIpc) is 2.77. The van der Waals surface area contributed by atoms with E-state index in [0.717, 1.165) is 24.4 Å². The van der Waals surface area contributed by atoms with Gasteiger partial charge >= 0.3 is 0 Å². The molecule has 0 saturated carbocycles. The zero-order valence-electron chi connectivity index (χ0n) is 13.9. The summed E-state index contributed by atoms with van der Waals surface area (Å²) >= 11 is 0.